The van der Waals surface area contributed by atoms with Crippen molar-refractivity contribution in [1.29, 1.82) is 0 Å². The van der Waals surface area contributed by atoms with Gasteiger partial charge in [-0.05, 0) is 54.9 Å². The Morgan fingerprint density at radius 1 is 1.50 bits per heavy atom. The first-order valence-corrected chi connectivity index (χ1v) is 5.93. The van der Waals surface area contributed by atoms with Gasteiger partial charge in [0, 0.05) is 5.02 Å². The van der Waals surface area contributed by atoms with Crippen molar-refractivity contribution in [2.45, 2.75) is 32.1 Å². The molecule has 1 aromatic carbocycles. The highest BCUT2D eigenvalue weighted by atomic mass is 35.5. The zero-order chi connectivity index (χ0) is 11.7. The molecule has 16 heavy (non-hydrogen) atoms. The number of carboxylic acids is 1. The maximum atomic E-state index is 10.9. The molecule has 3 heteroatoms. The Labute approximate surface area is 100 Å². The molecule has 0 aromatic heterocycles. The molecule has 1 atom stereocenters. The van der Waals surface area contributed by atoms with Crippen molar-refractivity contribution in [1.82, 2.24) is 0 Å². The number of carboxylic acid groups (broad SMARTS) is 1. The molecule has 0 bridgehead atoms. The summed E-state index contributed by atoms with van der Waals surface area (Å²) in [5.74, 6) is -0.0570. The summed E-state index contributed by atoms with van der Waals surface area (Å²) in [5, 5.41) is 9.63. The molecule has 0 heterocycles. The van der Waals surface area contributed by atoms with E-state index in [9.17, 15) is 4.79 Å². The highest BCUT2D eigenvalue weighted by Gasteiger charge is 2.33. The van der Waals surface area contributed by atoms with Gasteiger partial charge in [0.15, 0.2) is 0 Å². The van der Waals surface area contributed by atoms with Crippen molar-refractivity contribution >= 4 is 17.6 Å². The van der Waals surface area contributed by atoms with Crippen LogP contribution in [0.4, 0.5) is 0 Å². The lowest BCUT2D eigenvalue weighted by atomic mass is 9.90. The summed E-state index contributed by atoms with van der Waals surface area (Å²) in [6, 6.07) is 5.86. The van der Waals surface area contributed by atoms with Gasteiger partial charge >= 0.3 is 5.97 Å². The quantitative estimate of drug-likeness (QED) is 0.870. The molecule has 1 N–H and O–H groups in total. The topological polar surface area (TPSA) is 37.3 Å². The van der Waals surface area contributed by atoms with E-state index in [2.05, 4.69) is 6.07 Å². The van der Waals surface area contributed by atoms with Gasteiger partial charge in [-0.15, -0.1) is 0 Å². The van der Waals surface area contributed by atoms with Gasteiger partial charge in [0.1, 0.15) is 0 Å². The Bertz CT molecular complexity index is 390. The third-order valence-corrected chi connectivity index (χ3v) is 3.30. The molecule has 1 saturated carbocycles. The second-order valence-corrected chi connectivity index (χ2v) is 5.04. The number of aryl methyl sites for hydroxylation is 1. The molecule has 1 aromatic rings. The molecule has 0 radical (unpaired) electrons. The average Bonchev–Trinajstić information content (AvgIpc) is 2.95. The predicted octanol–water partition coefficient (Wildman–Crippen LogP) is 3.62. The zero-order valence-corrected chi connectivity index (χ0v) is 10.00. The van der Waals surface area contributed by atoms with E-state index in [1.165, 1.54) is 0 Å². The van der Waals surface area contributed by atoms with Crippen molar-refractivity contribution < 1.29 is 9.90 Å². The highest BCUT2D eigenvalue weighted by molar-refractivity contribution is 6.30. The maximum absolute atomic E-state index is 10.9. The predicted molar refractivity (Wildman–Crippen MR) is 63.9 cm³/mol. The van der Waals surface area contributed by atoms with E-state index in [1.807, 2.05) is 19.1 Å². The molecular formula is C13H15ClO2. The lowest BCUT2D eigenvalue weighted by Crippen LogP contribution is -2.08. The number of hydrogen-bond donors (Lipinski definition) is 1. The van der Waals surface area contributed by atoms with Crippen LogP contribution in [0, 0.1) is 12.8 Å². The van der Waals surface area contributed by atoms with Gasteiger partial charge in [0.2, 0.25) is 0 Å². The molecule has 1 unspecified atom stereocenters. The van der Waals surface area contributed by atoms with Crippen molar-refractivity contribution in [2.24, 2.45) is 5.92 Å². The summed E-state index contributed by atoms with van der Waals surface area (Å²) in [5.41, 5.74) is 2.17. The Balaban J connectivity index is 2.26. The molecule has 86 valence electrons. The largest absolute Gasteiger partial charge is 0.481 e. The molecule has 0 amide bonds. The first-order chi connectivity index (χ1) is 7.56. The smallest absolute Gasteiger partial charge is 0.303 e. The van der Waals surface area contributed by atoms with E-state index < -0.39 is 5.97 Å². The fourth-order valence-electron chi connectivity index (χ4n) is 2.22. The third kappa shape index (κ3) is 2.76. The number of aliphatic carboxylic acids is 1. The van der Waals surface area contributed by atoms with Crippen LogP contribution in [0.1, 0.15) is 36.3 Å². The SMILES string of the molecule is Cc1cc(Cl)cc(C(CC(=O)O)C2CC2)c1. The van der Waals surface area contributed by atoms with Crippen LogP contribution in [-0.4, -0.2) is 11.1 Å². The van der Waals surface area contributed by atoms with E-state index in [0.29, 0.717) is 10.9 Å². The van der Waals surface area contributed by atoms with E-state index in [0.717, 1.165) is 24.0 Å². The van der Waals surface area contributed by atoms with Crippen molar-refractivity contribution in [3.05, 3.63) is 34.3 Å². The van der Waals surface area contributed by atoms with Gasteiger partial charge in [0.25, 0.3) is 0 Å². The van der Waals surface area contributed by atoms with Crippen LogP contribution in [-0.2, 0) is 4.79 Å². The van der Waals surface area contributed by atoms with Crippen LogP contribution in [0.25, 0.3) is 0 Å². The highest BCUT2D eigenvalue weighted by Crippen LogP contribution is 2.45. The Hall–Kier alpha value is -1.02. The summed E-state index contributed by atoms with van der Waals surface area (Å²) >= 11 is 6.01. The van der Waals surface area contributed by atoms with E-state index in [4.69, 9.17) is 16.7 Å². The van der Waals surface area contributed by atoms with Crippen LogP contribution >= 0.6 is 11.6 Å². The Morgan fingerprint density at radius 2 is 2.19 bits per heavy atom. The lowest BCUT2D eigenvalue weighted by molar-refractivity contribution is -0.137. The molecule has 0 aliphatic heterocycles. The molecule has 2 rings (SSSR count). The molecular weight excluding hydrogens is 224 g/mol. The minimum absolute atomic E-state index is 0.134. The maximum Gasteiger partial charge on any atom is 0.303 e. The van der Waals surface area contributed by atoms with E-state index in [1.54, 1.807) is 0 Å². The fraction of sp³-hybridized carbons (Fsp3) is 0.462. The molecule has 1 aliphatic rings. The van der Waals surface area contributed by atoms with Crippen LogP contribution < -0.4 is 0 Å². The van der Waals surface area contributed by atoms with E-state index in [-0.39, 0.29) is 12.3 Å². The standard InChI is InChI=1S/C13H15ClO2/c1-8-4-10(6-11(14)5-8)12(7-13(15)16)9-2-3-9/h4-6,9,12H,2-3,7H2,1H3,(H,15,16). The van der Waals surface area contributed by atoms with Gasteiger partial charge in [0.05, 0.1) is 6.42 Å². The molecule has 0 spiro atoms. The second-order valence-electron chi connectivity index (χ2n) is 4.60. The average molecular weight is 239 g/mol. The van der Waals surface area contributed by atoms with Crippen LogP contribution in [0.2, 0.25) is 5.02 Å². The van der Waals surface area contributed by atoms with Gasteiger partial charge < -0.3 is 5.11 Å². The monoisotopic (exact) mass is 238 g/mol. The lowest BCUT2D eigenvalue weighted by Gasteiger charge is -2.15. The van der Waals surface area contributed by atoms with Crippen molar-refractivity contribution in [3.8, 4) is 0 Å². The normalized spacial score (nSPS) is 17.1. The number of benzene rings is 1. The van der Waals surface area contributed by atoms with Crippen LogP contribution in [0.3, 0.4) is 0 Å². The van der Waals surface area contributed by atoms with Crippen molar-refractivity contribution in [2.75, 3.05) is 0 Å². The zero-order valence-electron chi connectivity index (χ0n) is 9.24. The van der Waals surface area contributed by atoms with Gasteiger partial charge in [-0.1, -0.05) is 17.7 Å². The molecule has 1 fully saturated rings. The number of hydrogen-bond acceptors (Lipinski definition) is 1. The van der Waals surface area contributed by atoms with Gasteiger partial charge in [-0.25, -0.2) is 0 Å². The number of carbonyl (C=O) groups is 1. The first-order valence-electron chi connectivity index (χ1n) is 5.55. The van der Waals surface area contributed by atoms with Gasteiger partial charge in [-0.3, -0.25) is 4.79 Å². The van der Waals surface area contributed by atoms with Gasteiger partial charge in [-0.2, -0.15) is 0 Å². The summed E-state index contributed by atoms with van der Waals surface area (Å²) < 4.78 is 0. The first kappa shape index (κ1) is 11.5. The summed E-state index contributed by atoms with van der Waals surface area (Å²) in [6.07, 6.45) is 2.50. The summed E-state index contributed by atoms with van der Waals surface area (Å²) in [4.78, 5) is 10.9. The van der Waals surface area contributed by atoms with Crippen LogP contribution in [0.5, 0.6) is 0 Å². The second kappa shape index (κ2) is 4.46. The summed E-state index contributed by atoms with van der Waals surface area (Å²) in [6.45, 7) is 1.99. The summed E-state index contributed by atoms with van der Waals surface area (Å²) in [7, 11) is 0. The molecule has 2 nitrogen and oxygen atoms in total. The molecule has 0 saturated heterocycles. The third-order valence-electron chi connectivity index (χ3n) is 3.08. The minimum atomic E-state index is -0.727. The Kier molecular flexibility index (Phi) is 3.20. The number of rotatable bonds is 4. The minimum Gasteiger partial charge on any atom is -0.481 e. The van der Waals surface area contributed by atoms with Crippen LogP contribution in [0.15, 0.2) is 18.2 Å². The Morgan fingerprint density at radius 3 is 2.69 bits per heavy atom. The fourth-order valence-corrected chi connectivity index (χ4v) is 2.52. The molecule has 1 aliphatic carbocycles. The number of halogens is 1. The van der Waals surface area contributed by atoms with Crippen molar-refractivity contribution in [3.63, 3.8) is 0 Å². The van der Waals surface area contributed by atoms with E-state index >= 15 is 0 Å².